The molecule has 0 fully saturated rings. The highest BCUT2D eigenvalue weighted by atomic mass is 79.9. The van der Waals surface area contributed by atoms with Crippen molar-refractivity contribution in [2.75, 3.05) is 12.4 Å². The quantitative estimate of drug-likeness (QED) is 0.798. The average molecular weight is 365 g/mol. The summed E-state index contributed by atoms with van der Waals surface area (Å²) in [5, 5.41) is 5.03. The molecule has 0 amide bonds. The molecule has 18 heavy (non-hydrogen) atoms. The van der Waals surface area contributed by atoms with Crippen LogP contribution in [0.15, 0.2) is 38.9 Å². The summed E-state index contributed by atoms with van der Waals surface area (Å²) in [4.78, 5) is 9.17. The van der Waals surface area contributed by atoms with Crippen LogP contribution in [-0.2, 0) is 0 Å². The number of nitrogens with one attached hydrogen (secondary N) is 1. The zero-order valence-corrected chi connectivity index (χ0v) is 13.2. The minimum Gasteiger partial charge on any atom is -0.372 e. The number of hydrogen-bond acceptors (Lipinski definition) is 4. The molecule has 0 radical (unpaired) electrons. The van der Waals surface area contributed by atoms with Crippen molar-refractivity contribution in [2.45, 2.75) is 9.92 Å². The minimum absolute atomic E-state index is 0.640. The van der Waals surface area contributed by atoms with Crippen molar-refractivity contribution in [3.8, 4) is 0 Å². The Labute approximate surface area is 127 Å². The predicted molar refractivity (Wildman–Crippen MR) is 79.9 cm³/mol. The Hall–Kier alpha value is -0.490. The van der Waals surface area contributed by atoms with E-state index in [1.165, 1.54) is 18.1 Å². The smallest absolute Gasteiger partial charge is 0.144 e. The van der Waals surface area contributed by atoms with Gasteiger partial charge in [-0.05, 0) is 34.1 Å². The van der Waals surface area contributed by atoms with Crippen molar-refractivity contribution < 1.29 is 0 Å². The second-order valence-electron chi connectivity index (χ2n) is 3.27. The normalized spacial score (nSPS) is 10.4. The topological polar surface area (TPSA) is 37.8 Å². The second kappa shape index (κ2) is 6.10. The lowest BCUT2D eigenvalue weighted by atomic mass is 10.4. The molecular formula is C11H8BrCl2N3S. The largest absolute Gasteiger partial charge is 0.372 e. The van der Waals surface area contributed by atoms with Gasteiger partial charge in [-0.3, -0.25) is 0 Å². The lowest BCUT2D eigenvalue weighted by Gasteiger charge is -2.08. The molecule has 2 aromatic rings. The van der Waals surface area contributed by atoms with E-state index in [9.17, 15) is 0 Å². The summed E-state index contributed by atoms with van der Waals surface area (Å²) < 4.78 is 0.800. The Morgan fingerprint density at radius 1 is 1.28 bits per heavy atom. The van der Waals surface area contributed by atoms with Gasteiger partial charge in [0.05, 0.1) is 9.50 Å². The lowest BCUT2D eigenvalue weighted by molar-refractivity contribution is 1.03. The van der Waals surface area contributed by atoms with Gasteiger partial charge in [0.1, 0.15) is 17.2 Å². The molecule has 0 spiro atoms. The molecule has 0 aliphatic carbocycles. The van der Waals surface area contributed by atoms with Crippen LogP contribution in [0.3, 0.4) is 0 Å². The number of rotatable bonds is 3. The van der Waals surface area contributed by atoms with Crippen LogP contribution in [0.5, 0.6) is 0 Å². The number of nitrogens with zero attached hydrogens (tertiary/aromatic N) is 2. The zero-order valence-electron chi connectivity index (χ0n) is 9.25. The van der Waals surface area contributed by atoms with Crippen LogP contribution in [0.1, 0.15) is 0 Å². The van der Waals surface area contributed by atoms with Gasteiger partial charge in [-0.2, -0.15) is 0 Å². The maximum Gasteiger partial charge on any atom is 0.144 e. The van der Waals surface area contributed by atoms with Crippen LogP contribution in [-0.4, -0.2) is 17.0 Å². The van der Waals surface area contributed by atoms with Gasteiger partial charge >= 0.3 is 0 Å². The molecule has 94 valence electrons. The summed E-state index contributed by atoms with van der Waals surface area (Å²) in [5.74, 6) is 0.727. The Balaban J connectivity index is 2.37. The van der Waals surface area contributed by atoms with E-state index in [-0.39, 0.29) is 0 Å². The third kappa shape index (κ3) is 3.09. The van der Waals surface area contributed by atoms with Crippen molar-refractivity contribution in [3.63, 3.8) is 0 Å². The molecule has 1 N–H and O–H groups in total. The van der Waals surface area contributed by atoms with E-state index in [4.69, 9.17) is 23.2 Å². The monoisotopic (exact) mass is 363 g/mol. The van der Waals surface area contributed by atoms with E-state index in [1.54, 1.807) is 19.2 Å². The Morgan fingerprint density at radius 2 is 2.06 bits per heavy atom. The molecule has 3 nitrogen and oxygen atoms in total. The second-order valence-corrected chi connectivity index (χ2v) is 5.94. The summed E-state index contributed by atoms with van der Waals surface area (Å²) in [7, 11) is 1.80. The van der Waals surface area contributed by atoms with Gasteiger partial charge in [-0.25, -0.2) is 9.97 Å². The summed E-state index contributed by atoms with van der Waals surface area (Å²) in [5.41, 5.74) is 0. The third-order valence-corrected chi connectivity index (χ3v) is 4.85. The molecule has 0 aliphatic heterocycles. The maximum absolute atomic E-state index is 6.12. The van der Waals surface area contributed by atoms with Crippen LogP contribution in [0.2, 0.25) is 10.0 Å². The van der Waals surface area contributed by atoms with Gasteiger partial charge in [0.15, 0.2) is 0 Å². The summed E-state index contributed by atoms with van der Waals surface area (Å²) >= 11 is 17.0. The first kappa shape index (κ1) is 13.9. The number of hydrogen-bond donors (Lipinski definition) is 1. The zero-order chi connectivity index (χ0) is 13.1. The number of halogens is 3. The fraction of sp³-hybridized carbons (Fsp3) is 0.0909. The van der Waals surface area contributed by atoms with E-state index in [2.05, 4.69) is 31.2 Å². The first-order valence-electron chi connectivity index (χ1n) is 4.93. The van der Waals surface area contributed by atoms with Gasteiger partial charge in [0.2, 0.25) is 0 Å². The highest BCUT2D eigenvalue weighted by Crippen LogP contribution is 2.38. The molecule has 0 atom stereocenters. The summed E-state index contributed by atoms with van der Waals surface area (Å²) in [6, 6.07) is 5.32. The molecular weight excluding hydrogens is 357 g/mol. The van der Waals surface area contributed by atoms with Crippen molar-refractivity contribution in [3.05, 3.63) is 39.0 Å². The van der Waals surface area contributed by atoms with Gasteiger partial charge in [-0.1, -0.05) is 35.0 Å². The molecule has 1 aromatic carbocycles. The highest BCUT2D eigenvalue weighted by molar-refractivity contribution is 9.10. The fourth-order valence-corrected chi connectivity index (χ4v) is 3.22. The maximum atomic E-state index is 6.12. The SMILES string of the molecule is CNc1ncnc(Sc2cc(Cl)ccc2Cl)c1Br. The first-order valence-corrected chi connectivity index (χ1v) is 7.29. The number of aromatic nitrogens is 2. The third-order valence-electron chi connectivity index (χ3n) is 2.09. The predicted octanol–water partition coefficient (Wildman–Crippen LogP) is 4.74. The van der Waals surface area contributed by atoms with E-state index >= 15 is 0 Å². The molecule has 2 rings (SSSR count). The van der Waals surface area contributed by atoms with Gasteiger partial charge in [0.25, 0.3) is 0 Å². The van der Waals surface area contributed by atoms with Crippen LogP contribution in [0, 0.1) is 0 Å². The fourth-order valence-electron chi connectivity index (χ4n) is 1.26. The molecule has 1 aromatic heterocycles. The number of benzene rings is 1. The van der Waals surface area contributed by atoms with Gasteiger partial charge in [-0.15, -0.1) is 0 Å². The highest BCUT2D eigenvalue weighted by Gasteiger charge is 2.11. The number of anilines is 1. The van der Waals surface area contributed by atoms with E-state index in [0.29, 0.717) is 10.0 Å². The molecule has 1 heterocycles. The van der Waals surface area contributed by atoms with Crippen LogP contribution in [0.25, 0.3) is 0 Å². The Bertz CT molecular complexity index is 580. The van der Waals surface area contributed by atoms with Crippen molar-refractivity contribution >= 4 is 56.7 Å². The van der Waals surface area contributed by atoms with Crippen LogP contribution < -0.4 is 5.32 Å². The molecule has 0 saturated carbocycles. The van der Waals surface area contributed by atoms with Gasteiger partial charge < -0.3 is 5.32 Å². The van der Waals surface area contributed by atoms with Crippen molar-refractivity contribution in [2.24, 2.45) is 0 Å². The lowest BCUT2D eigenvalue weighted by Crippen LogP contribution is -1.96. The standard InChI is InChI=1S/C11H8BrCl2N3S/c1-15-10-9(12)11(17-5-16-10)18-8-4-6(13)2-3-7(8)14/h2-5H,1H3,(H,15,16,17). The first-order chi connectivity index (χ1) is 8.61. The summed E-state index contributed by atoms with van der Waals surface area (Å²) in [6.07, 6.45) is 1.50. The molecule has 7 heteroatoms. The molecule has 0 saturated heterocycles. The minimum atomic E-state index is 0.640. The summed E-state index contributed by atoms with van der Waals surface area (Å²) in [6.45, 7) is 0. The van der Waals surface area contributed by atoms with Crippen LogP contribution >= 0.6 is 50.9 Å². The van der Waals surface area contributed by atoms with Crippen molar-refractivity contribution in [1.82, 2.24) is 9.97 Å². The average Bonchev–Trinajstić information content (AvgIpc) is 2.36. The Morgan fingerprint density at radius 3 is 2.78 bits per heavy atom. The van der Waals surface area contributed by atoms with Crippen LogP contribution in [0.4, 0.5) is 5.82 Å². The molecule has 0 bridgehead atoms. The van der Waals surface area contributed by atoms with E-state index < -0.39 is 0 Å². The van der Waals surface area contributed by atoms with Crippen molar-refractivity contribution in [1.29, 1.82) is 0 Å². The Kier molecular flexibility index (Phi) is 4.72. The molecule has 0 unspecified atom stereocenters. The molecule has 0 aliphatic rings. The van der Waals surface area contributed by atoms with Gasteiger partial charge in [0, 0.05) is 17.0 Å². The van der Waals surface area contributed by atoms with E-state index in [0.717, 1.165) is 20.2 Å². The van der Waals surface area contributed by atoms with E-state index in [1.807, 2.05) is 6.07 Å².